The molecule has 36 heavy (non-hydrogen) atoms. The average Bonchev–Trinajstić information content (AvgIpc) is 2.86. The Bertz CT molecular complexity index is 1200. The SMILES string of the molecule is CCC(CC)C1CCN(C(=O)c2cnc(C)c(C(=O)/C(C)=C/c3c(C)cc(C#N)cc3C)c2C)CC1. The van der Waals surface area contributed by atoms with Crippen molar-refractivity contribution in [1.82, 2.24) is 9.88 Å². The molecule has 5 heteroatoms. The summed E-state index contributed by atoms with van der Waals surface area (Å²) in [6.45, 7) is 15.4. The number of rotatable bonds is 7. The van der Waals surface area contributed by atoms with Crippen molar-refractivity contribution in [3.05, 3.63) is 68.5 Å². The minimum absolute atomic E-state index is 0.0301. The van der Waals surface area contributed by atoms with Gasteiger partial charge in [-0.1, -0.05) is 26.7 Å². The highest BCUT2D eigenvalue weighted by atomic mass is 16.2. The molecule has 0 N–H and O–H groups in total. The number of aromatic nitrogens is 1. The molecule has 0 bridgehead atoms. The topological polar surface area (TPSA) is 74.1 Å². The Labute approximate surface area is 216 Å². The first kappa shape index (κ1) is 27.3. The smallest absolute Gasteiger partial charge is 0.255 e. The number of allylic oxidation sites excluding steroid dienone is 1. The lowest BCUT2D eigenvalue weighted by atomic mass is 9.81. The Morgan fingerprint density at radius 2 is 1.69 bits per heavy atom. The van der Waals surface area contributed by atoms with Crippen LogP contribution in [0.1, 0.15) is 101 Å². The number of aryl methyl sites for hydroxylation is 3. The van der Waals surface area contributed by atoms with Gasteiger partial charge >= 0.3 is 0 Å². The van der Waals surface area contributed by atoms with Crippen LogP contribution in [0, 0.1) is 50.9 Å². The second-order valence-electron chi connectivity index (χ2n) is 10.3. The van der Waals surface area contributed by atoms with Crippen LogP contribution >= 0.6 is 0 Å². The van der Waals surface area contributed by atoms with Crippen LogP contribution in [0.3, 0.4) is 0 Å². The van der Waals surface area contributed by atoms with E-state index in [1.54, 1.807) is 13.1 Å². The van der Waals surface area contributed by atoms with Gasteiger partial charge in [0.25, 0.3) is 5.91 Å². The summed E-state index contributed by atoms with van der Waals surface area (Å²) in [6, 6.07) is 5.85. The predicted octanol–water partition coefficient (Wildman–Crippen LogP) is 6.76. The highest BCUT2D eigenvalue weighted by molar-refractivity contribution is 6.13. The Morgan fingerprint density at radius 3 is 2.22 bits per heavy atom. The summed E-state index contributed by atoms with van der Waals surface area (Å²) in [4.78, 5) is 33.4. The molecule has 1 amide bonds. The lowest BCUT2D eigenvalue weighted by Crippen LogP contribution is -2.40. The molecule has 1 fully saturated rings. The number of benzene rings is 1. The van der Waals surface area contributed by atoms with Crippen molar-refractivity contribution < 1.29 is 9.59 Å². The van der Waals surface area contributed by atoms with Crippen molar-refractivity contribution in [3.8, 4) is 6.07 Å². The standard InChI is InChI=1S/C31H39N3O2/c1-8-25(9-2)26-10-12-34(13-11-26)31(36)28-18-33-23(7)29(22(28)6)30(35)21(5)16-27-19(3)14-24(17-32)15-20(27)4/h14-16,18,25-26H,8-13H2,1-7H3/b21-16+. The first-order chi connectivity index (χ1) is 17.1. The Balaban J connectivity index is 1.87. The van der Waals surface area contributed by atoms with E-state index in [4.69, 9.17) is 0 Å². The van der Waals surface area contributed by atoms with E-state index in [1.807, 2.05) is 50.8 Å². The third-order valence-corrected chi connectivity index (χ3v) is 7.97. The van der Waals surface area contributed by atoms with Crippen LogP contribution in [0.4, 0.5) is 0 Å². The summed E-state index contributed by atoms with van der Waals surface area (Å²) < 4.78 is 0. The summed E-state index contributed by atoms with van der Waals surface area (Å²) in [5, 5.41) is 9.22. The van der Waals surface area contributed by atoms with Gasteiger partial charge in [0.1, 0.15) is 0 Å². The van der Waals surface area contributed by atoms with Crippen LogP contribution in [0.2, 0.25) is 0 Å². The molecule has 0 unspecified atom stereocenters. The Hall–Kier alpha value is -3.26. The minimum atomic E-state index is -0.122. The van der Waals surface area contributed by atoms with E-state index < -0.39 is 0 Å². The fraction of sp³-hybridized carbons (Fsp3) is 0.484. The summed E-state index contributed by atoms with van der Waals surface area (Å²) >= 11 is 0. The number of ketones is 1. The molecule has 0 radical (unpaired) electrons. The van der Waals surface area contributed by atoms with Crippen LogP contribution in [0.15, 0.2) is 23.9 Å². The lowest BCUT2D eigenvalue weighted by Gasteiger charge is -2.36. The number of carbonyl (C=O) groups is 2. The van der Waals surface area contributed by atoms with Gasteiger partial charge in [0, 0.05) is 30.5 Å². The predicted molar refractivity (Wildman–Crippen MR) is 145 cm³/mol. The molecule has 1 aromatic heterocycles. The first-order valence-corrected chi connectivity index (χ1v) is 13.1. The van der Waals surface area contributed by atoms with Crippen LogP contribution in [-0.2, 0) is 0 Å². The molecule has 0 atom stereocenters. The molecule has 190 valence electrons. The number of carbonyl (C=O) groups excluding carboxylic acids is 2. The normalized spacial score (nSPS) is 14.8. The highest BCUT2D eigenvalue weighted by Gasteiger charge is 2.29. The number of hydrogen-bond donors (Lipinski definition) is 0. The third-order valence-electron chi connectivity index (χ3n) is 7.97. The molecule has 1 aliphatic heterocycles. The molecule has 5 nitrogen and oxygen atoms in total. The molecule has 1 aliphatic rings. The number of pyridine rings is 1. The van der Waals surface area contributed by atoms with Gasteiger partial charge in [0.05, 0.1) is 17.2 Å². The molecule has 2 heterocycles. The number of nitriles is 1. The summed E-state index contributed by atoms with van der Waals surface area (Å²) in [5.74, 6) is 1.26. The number of nitrogens with zero attached hydrogens (tertiary/aromatic N) is 3. The molecule has 1 aromatic carbocycles. The van der Waals surface area contributed by atoms with Crippen LogP contribution in [0.5, 0.6) is 0 Å². The quantitative estimate of drug-likeness (QED) is 0.321. The molecule has 0 spiro atoms. The monoisotopic (exact) mass is 485 g/mol. The van der Waals surface area contributed by atoms with Crippen molar-refractivity contribution in [2.75, 3.05) is 13.1 Å². The van der Waals surface area contributed by atoms with Crippen LogP contribution in [-0.4, -0.2) is 34.7 Å². The van der Waals surface area contributed by atoms with E-state index in [2.05, 4.69) is 24.9 Å². The van der Waals surface area contributed by atoms with Gasteiger partial charge < -0.3 is 4.90 Å². The van der Waals surface area contributed by atoms with E-state index >= 15 is 0 Å². The van der Waals surface area contributed by atoms with Crippen molar-refractivity contribution >= 4 is 17.8 Å². The maximum Gasteiger partial charge on any atom is 0.255 e. The van der Waals surface area contributed by atoms with Crippen LogP contribution in [0.25, 0.3) is 6.08 Å². The number of likely N-dealkylation sites (tertiary alicyclic amines) is 1. The number of Topliss-reactive ketones (excluding diaryl/α,β-unsaturated/α-hetero) is 1. The molecular formula is C31H39N3O2. The maximum atomic E-state index is 13.6. The number of amides is 1. The maximum absolute atomic E-state index is 13.6. The van der Waals surface area contributed by atoms with Crippen molar-refractivity contribution in [3.63, 3.8) is 0 Å². The Morgan fingerprint density at radius 1 is 1.11 bits per heavy atom. The third kappa shape index (κ3) is 5.59. The van der Waals surface area contributed by atoms with Crippen molar-refractivity contribution in [2.45, 2.75) is 74.1 Å². The van der Waals surface area contributed by atoms with E-state index in [1.165, 1.54) is 12.8 Å². The largest absolute Gasteiger partial charge is 0.339 e. The minimum Gasteiger partial charge on any atom is -0.339 e. The van der Waals surface area contributed by atoms with Gasteiger partial charge in [-0.15, -0.1) is 0 Å². The molecule has 0 aliphatic carbocycles. The van der Waals surface area contributed by atoms with Gasteiger partial charge in [0.2, 0.25) is 0 Å². The summed E-state index contributed by atoms with van der Waals surface area (Å²) in [7, 11) is 0. The van der Waals surface area contributed by atoms with Gasteiger partial charge in [0.15, 0.2) is 5.78 Å². The zero-order chi connectivity index (χ0) is 26.6. The molecule has 2 aromatic rings. The van der Waals surface area contributed by atoms with Crippen LogP contribution < -0.4 is 0 Å². The summed E-state index contributed by atoms with van der Waals surface area (Å²) in [6.07, 6.45) is 7.96. The van der Waals surface area contributed by atoms with Gasteiger partial charge in [-0.25, -0.2) is 0 Å². The summed E-state index contributed by atoms with van der Waals surface area (Å²) in [5.41, 5.74) is 6.37. The number of piperidine rings is 1. The average molecular weight is 486 g/mol. The Kier molecular flexibility index (Phi) is 8.84. The lowest BCUT2D eigenvalue weighted by molar-refractivity contribution is 0.0652. The van der Waals surface area contributed by atoms with Gasteiger partial charge in [-0.2, -0.15) is 5.26 Å². The zero-order valence-electron chi connectivity index (χ0n) is 22.9. The van der Waals surface area contributed by atoms with E-state index in [0.717, 1.165) is 48.5 Å². The van der Waals surface area contributed by atoms with E-state index in [0.29, 0.717) is 39.4 Å². The molecule has 1 saturated heterocycles. The van der Waals surface area contributed by atoms with E-state index in [-0.39, 0.29) is 11.7 Å². The first-order valence-electron chi connectivity index (χ1n) is 13.1. The molecular weight excluding hydrogens is 446 g/mol. The second kappa shape index (κ2) is 11.6. The molecule has 3 rings (SSSR count). The second-order valence-corrected chi connectivity index (χ2v) is 10.3. The van der Waals surface area contributed by atoms with Crippen molar-refractivity contribution in [2.24, 2.45) is 11.8 Å². The fourth-order valence-corrected chi connectivity index (χ4v) is 5.72. The van der Waals surface area contributed by atoms with Crippen molar-refractivity contribution in [1.29, 1.82) is 5.26 Å². The van der Waals surface area contributed by atoms with E-state index in [9.17, 15) is 14.9 Å². The highest BCUT2D eigenvalue weighted by Crippen LogP contribution is 2.31. The van der Waals surface area contributed by atoms with Gasteiger partial charge in [-0.05, 0) is 105 Å². The van der Waals surface area contributed by atoms with Gasteiger partial charge in [-0.3, -0.25) is 14.6 Å². The fourth-order valence-electron chi connectivity index (χ4n) is 5.72. The zero-order valence-corrected chi connectivity index (χ0v) is 22.9. The number of hydrogen-bond acceptors (Lipinski definition) is 4. The molecule has 0 saturated carbocycles.